The van der Waals surface area contributed by atoms with Crippen molar-refractivity contribution < 1.29 is 21.6 Å². The standard InChI is InChI=1S/C27H23Cl2N3O5S2/c1-19-7-8-21(29)17-26(19)32(39(36,37)25-5-3-2-4-6-25)18-27(33)30-22-13-15-24(16-14-22)38(34,35)31-23-11-9-20(28)10-12-23/h2-17,31H,18H2,1H3,(H,30,33). The van der Waals surface area contributed by atoms with E-state index in [1.807, 2.05) is 0 Å². The molecule has 0 unspecified atom stereocenters. The summed E-state index contributed by atoms with van der Waals surface area (Å²) in [7, 11) is -8.01. The van der Waals surface area contributed by atoms with Crippen molar-refractivity contribution in [3.63, 3.8) is 0 Å². The molecule has 0 heterocycles. The van der Waals surface area contributed by atoms with Gasteiger partial charge in [-0.2, -0.15) is 0 Å². The second-order valence-corrected chi connectivity index (χ2v) is 12.9. The van der Waals surface area contributed by atoms with Crippen LogP contribution in [-0.2, 0) is 24.8 Å². The number of carbonyl (C=O) groups excluding carboxylic acids is 1. The monoisotopic (exact) mass is 603 g/mol. The molecule has 0 fully saturated rings. The van der Waals surface area contributed by atoms with Crippen LogP contribution in [0, 0.1) is 6.92 Å². The first-order valence-corrected chi connectivity index (χ1v) is 15.2. The van der Waals surface area contributed by atoms with E-state index in [9.17, 15) is 21.6 Å². The highest BCUT2D eigenvalue weighted by Gasteiger charge is 2.28. The van der Waals surface area contributed by atoms with Crippen LogP contribution in [0.15, 0.2) is 107 Å². The summed E-state index contributed by atoms with van der Waals surface area (Å²) in [6.45, 7) is 1.17. The molecule has 0 atom stereocenters. The molecule has 0 aliphatic rings. The predicted octanol–water partition coefficient (Wildman–Crippen LogP) is 5.94. The molecule has 0 aromatic heterocycles. The number of amides is 1. The first-order valence-electron chi connectivity index (χ1n) is 11.5. The van der Waals surface area contributed by atoms with E-state index in [0.717, 1.165) is 4.31 Å². The zero-order chi connectivity index (χ0) is 28.2. The van der Waals surface area contributed by atoms with Gasteiger partial charge in [-0.15, -0.1) is 0 Å². The molecule has 0 spiro atoms. The molecule has 0 saturated carbocycles. The molecule has 2 N–H and O–H groups in total. The lowest BCUT2D eigenvalue weighted by Crippen LogP contribution is -2.38. The molecule has 4 aromatic carbocycles. The first-order chi connectivity index (χ1) is 18.5. The van der Waals surface area contributed by atoms with Crippen LogP contribution in [0.4, 0.5) is 17.1 Å². The van der Waals surface area contributed by atoms with E-state index in [-0.39, 0.29) is 21.2 Å². The summed E-state index contributed by atoms with van der Waals surface area (Å²) in [6.07, 6.45) is 0. The lowest BCUT2D eigenvalue weighted by molar-refractivity contribution is -0.114. The number of nitrogens with one attached hydrogen (secondary N) is 2. The first kappa shape index (κ1) is 28.4. The highest BCUT2D eigenvalue weighted by molar-refractivity contribution is 7.93. The molecule has 8 nitrogen and oxygen atoms in total. The second-order valence-electron chi connectivity index (χ2n) is 8.44. The Bertz CT molecular complexity index is 1700. The van der Waals surface area contributed by atoms with Crippen LogP contribution < -0.4 is 14.3 Å². The molecule has 0 radical (unpaired) electrons. The molecule has 202 valence electrons. The van der Waals surface area contributed by atoms with Crippen molar-refractivity contribution in [1.82, 2.24) is 0 Å². The highest BCUT2D eigenvalue weighted by atomic mass is 35.5. The minimum Gasteiger partial charge on any atom is -0.325 e. The Kier molecular flexibility index (Phi) is 8.51. The quantitative estimate of drug-likeness (QED) is 0.246. The summed E-state index contributed by atoms with van der Waals surface area (Å²) in [5.74, 6) is -0.635. The second kappa shape index (κ2) is 11.7. The fraction of sp³-hybridized carbons (Fsp3) is 0.0741. The van der Waals surface area contributed by atoms with E-state index >= 15 is 0 Å². The number of hydrogen-bond donors (Lipinski definition) is 2. The molecule has 1 amide bonds. The van der Waals surface area contributed by atoms with Crippen LogP contribution in [0.5, 0.6) is 0 Å². The lowest BCUT2D eigenvalue weighted by atomic mass is 10.2. The maximum atomic E-state index is 13.5. The molecule has 0 aliphatic heterocycles. The van der Waals surface area contributed by atoms with Crippen molar-refractivity contribution in [3.8, 4) is 0 Å². The number of aryl methyl sites for hydroxylation is 1. The molecule has 0 saturated heterocycles. The maximum absolute atomic E-state index is 13.5. The van der Waals surface area contributed by atoms with Crippen molar-refractivity contribution in [1.29, 1.82) is 0 Å². The normalized spacial score (nSPS) is 11.6. The highest BCUT2D eigenvalue weighted by Crippen LogP contribution is 2.29. The predicted molar refractivity (Wildman–Crippen MR) is 154 cm³/mol. The van der Waals surface area contributed by atoms with Gasteiger partial charge < -0.3 is 5.32 Å². The lowest BCUT2D eigenvalue weighted by Gasteiger charge is -2.26. The summed E-state index contributed by atoms with van der Waals surface area (Å²) in [5, 5.41) is 3.41. The SMILES string of the molecule is Cc1ccc(Cl)cc1N(CC(=O)Nc1ccc(S(=O)(=O)Nc2ccc(Cl)cc2)cc1)S(=O)(=O)c1ccccc1. The topological polar surface area (TPSA) is 113 Å². The largest absolute Gasteiger partial charge is 0.325 e. The smallest absolute Gasteiger partial charge is 0.264 e. The van der Waals surface area contributed by atoms with Crippen LogP contribution in [-0.4, -0.2) is 29.3 Å². The Balaban J connectivity index is 1.55. The van der Waals surface area contributed by atoms with Gasteiger partial charge in [0.1, 0.15) is 6.54 Å². The van der Waals surface area contributed by atoms with Gasteiger partial charge in [-0.05, 0) is 85.3 Å². The van der Waals surface area contributed by atoms with Gasteiger partial charge in [-0.25, -0.2) is 16.8 Å². The number of carbonyl (C=O) groups is 1. The van der Waals surface area contributed by atoms with Gasteiger partial charge in [0.2, 0.25) is 5.91 Å². The van der Waals surface area contributed by atoms with Crippen molar-refractivity contribution in [2.75, 3.05) is 20.9 Å². The summed E-state index contributed by atoms with van der Waals surface area (Å²) >= 11 is 12.0. The molecular formula is C27H23Cl2N3O5S2. The Morgan fingerprint density at radius 1 is 0.744 bits per heavy atom. The van der Waals surface area contributed by atoms with Crippen molar-refractivity contribution in [2.45, 2.75) is 16.7 Å². The summed E-state index contributed by atoms with van der Waals surface area (Å²) in [6, 6.07) is 24.2. The molecular weight excluding hydrogens is 581 g/mol. The minimum atomic E-state index is -4.12. The minimum absolute atomic E-state index is 0.0138. The molecule has 4 rings (SSSR count). The number of halogens is 2. The van der Waals surface area contributed by atoms with E-state index in [2.05, 4.69) is 10.0 Å². The van der Waals surface area contributed by atoms with Crippen molar-refractivity contribution in [2.24, 2.45) is 0 Å². The number of nitrogens with zero attached hydrogens (tertiary/aromatic N) is 1. The third-order valence-corrected chi connectivity index (χ3v) is 9.26. The van der Waals surface area contributed by atoms with E-state index in [4.69, 9.17) is 23.2 Å². The van der Waals surface area contributed by atoms with E-state index in [0.29, 0.717) is 21.3 Å². The molecule has 12 heteroatoms. The Labute approximate surface area is 237 Å². The van der Waals surface area contributed by atoms with Crippen LogP contribution in [0.1, 0.15) is 5.56 Å². The van der Waals surface area contributed by atoms with Gasteiger partial charge in [-0.3, -0.25) is 13.8 Å². The molecule has 0 bridgehead atoms. The number of hydrogen-bond acceptors (Lipinski definition) is 5. The fourth-order valence-corrected chi connectivity index (χ4v) is 6.50. The molecule has 39 heavy (non-hydrogen) atoms. The Morgan fingerprint density at radius 2 is 1.33 bits per heavy atom. The number of anilines is 3. The van der Waals surface area contributed by atoms with Gasteiger partial charge in [0.05, 0.1) is 15.5 Å². The zero-order valence-corrected chi connectivity index (χ0v) is 23.7. The van der Waals surface area contributed by atoms with E-state index < -0.39 is 32.5 Å². The number of benzene rings is 4. The number of sulfonamides is 2. The van der Waals surface area contributed by atoms with Crippen LogP contribution in [0.3, 0.4) is 0 Å². The average molecular weight is 605 g/mol. The van der Waals surface area contributed by atoms with Gasteiger partial charge in [0, 0.05) is 21.4 Å². The molecule has 4 aromatic rings. The number of rotatable bonds is 9. The Hall–Kier alpha value is -3.57. The maximum Gasteiger partial charge on any atom is 0.264 e. The van der Waals surface area contributed by atoms with Crippen LogP contribution in [0.25, 0.3) is 0 Å². The van der Waals surface area contributed by atoms with Crippen molar-refractivity contribution >= 4 is 66.2 Å². The van der Waals surface area contributed by atoms with E-state index in [1.54, 1.807) is 49.4 Å². The van der Waals surface area contributed by atoms with Gasteiger partial charge in [0.25, 0.3) is 20.0 Å². The summed E-state index contributed by atoms with van der Waals surface area (Å²) in [4.78, 5) is 13.0. The average Bonchev–Trinajstić information content (AvgIpc) is 2.91. The van der Waals surface area contributed by atoms with Crippen LogP contribution >= 0.6 is 23.2 Å². The summed E-state index contributed by atoms with van der Waals surface area (Å²) in [5.41, 5.74) is 1.49. The fourth-order valence-electron chi connectivity index (χ4n) is 3.65. The van der Waals surface area contributed by atoms with Crippen molar-refractivity contribution in [3.05, 3.63) is 113 Å². The van der Waals surface area contributed by atoms with Gasteiger partial charge in [0.15, 0.2) is 0 Å². The third kappa shape index (κ3) is 6.90. The van der Waals surface area contributed by atoms with Crippen LogP contribution in [0.2, 0.25) is 10.0 Å². The molecule has 0 aliphatic carbocycles. The van der Waals surface area contributed by atoms with Gasteiger partial charge >= 0.3 is 0 Å². The third-order valence-electron chi connectivity index (χ3n) is 5.60. The Morgan fingerprint density at radius 3 is 1.97 bits per heavy atom. The zero-order valence-electron chi connectivity index (χ0n) is 20.5. The summed E-state index contributed by atoms with van der Waals surface area (Å²) < 4.78 is 55.9. The van der Waals surface area contributed by atoms with Gasteiger partial charge in [-0.1, -0.05) is 47.5 Å². The van der Waals surface area contributed by atoms with E-state index in [1.165, 1.54) is 54.6 Å².